The summed E-state index contributed by atoms with van der Waals surface area (Å²) in [6.45, 7) is 5.89. The Morgan fingerprint density at radius 2 is 1.85 bits per heavy atom. The van der Waals surface area contributed by atoms with Gasteiger partial charge in [0, 0.05) is 43.3 Å². The SMILES string of the molecule is CNCc1cnc(C)cc1N(C)Cc1ccc(C)cc1. The first-order valence-corrected chi connectivity index (χ1v) is 6.97. The van der Waals surface area contributed by atoms with Gasteiger partial charge in [-0.15, -0.1) is 0 Å². The van der Waals surface area contributed by atoms with Gasteiger partial charge >= 0.3 is 0 Å². The van der Waals surface area contributed by atoms with Gasteiger partial charge in [-0.1, -0.05) is 29.8 Å². The highest BCUT2D eigenvalue weighted by Crippen LogP contribution is 2.21. The Morgan fingerprint density at radius 1 is 1.15 bits per heavy atom. The first kappa shape index (κ1) is 14.5. The van der Waals surface area contributed by atoms with Crippen molar-refractivity contribution < 1.29 is 0 Å². The van der Waals surface area contributed by atoms with Gasteiger partial charge < -0.3 is 10.2 Å². The fourth-order valence-electron chi connectivity index (χ4n) is 2.31. The molecule has 0 saturated heterocycles. The second-order valence-corrected chi connectivity index (χ2v) is 5.33. The standard InChI is InChI=1S/C17H23N3/c1-13-5-7-15(8-6-13)12-20(4)17-9-14(2)19-11-16(17)10-18-3/h5-9,11,18H,10,12H2,1-4H3. The van der Waals surface area contributed by atoms with Crippen molar-refractivity contribution in [2.24, 2.45) is 0 Å². The van der Waals surface area contributed by atoms with E-state index in [4.69, 9.17) is 0 Å². The van der Waals surface area contributed by atoms with Crippen molar-refractivity contribution in [2.45, 2.75) is 26.9 Å². The second-order valence-electron chi connectivity index (χ2n) is 5.33. The van der Waals surface area contributed by atoms with Crippen LogP contribution >= 0.6 is 0 Å². The van der Waals surface area contributed by atoms with E-state index in [9.17, 15) is 0 Å². The lowest BCUT2D eigenvalue weighted by molar-refractivity contribution is 0.798. The van der Waals surface area contributed by atoms with Gasteiger partial charge in [-0.2, -0.15) is 0 Å². The zero-order valence-electron chi connectivity index (χ0n) is 12.8. The monoisotopic (exact) mass is 269 g/mol. The van der Waals surface area contributed by atoms with Gasteiger partial charge in [0.15, 0.2) is 0 Å². The number of anilines is 1. The summed E-state index contributed by atoms with van der Waals surface area (Å²) in [6, 6.07) is 10.9. The van der Waals surface area contributed by atoms with Crippen LogP contribution in [0.25, 0.3) is 0 Å². The Labute approximate surface area is 121 Å². The summed E-state index contributed by atoms with van der Waals surface area (Å²) >= 11 is 0. The fraction of sp³-hybridized carbons (Fsp3) is 0.353. The smallest absolute Gasteiger partial charge is 0.0445 e. The third kappa shape index (κ3) is 3.58. The number of benzene rings is 1. The summed E-state index contributed by atoms with van der Waals surface area (Å²) in [5.41, 5.74) is 6.14. The number of aryl methyl sites for hydroxylation is 2. The summed E-state index contributed by atoms with van der Waals surface area (Å²) < 4.78 is 0. The van der Waals surface area contributed by atoms with E-state index in [-0.39, 0.29) is 0 Å². The van der Waals surface area contributed by atoms with E-state index in [1.807, 2.05) is 20.2 Å². The van der Waals surface area contributed by atoms with E-state index in [1.165, 1.54) is 22.4 Å². The van der Waals surface area contributed by atoms with E-state index in [1.54, 1.807) is 0 Å². The normalized spacial score (nSPS) is 10.6. The molecule has 0 fully saturated rings. The lowest BCUT2D eigenvalue weighted by Crippen LogP contribution is -2.20. The van der Waals surface area contributed by atoms with Crippen molar-refractivity contribution in [3.8, 4) is 0 Å². The number of nitrogens with zero attached hydrogens (tertiary/aromatic N) is 2. The molecule has 0 saturated carbocycles. The minimum absolute atomic E-state index is 0.834. The van der Waals surface area contributed by atoms with Crippen molar-refractivity contribution in [3.63, 3.8) is 0 Å². The Morgan fingerprint density at radius 3 is 2.50 bits per heavy atom. The average molecular weight is 269 g/mol. The molecule has 1 N–H and O–H groups in total. The van der Waals surface area contributed by atoms with Crippen LogP contribution in [0.1, 0.15) is 22.4 Å². The predicted molar refractivity (Wildman–Crippen MR) is 85.0 cm³/mol. The van der Waals surface area contributed by atoms with Crippen molar-refractivity contribution in [1.82, 2.24) is 10.3 Å². The zero-order chi connectivity index (χ0) is 14.5. The highest BCUT2D eigenvalue weighted by atomic mass is 15.1. The van der Waals surface area contributed by atoms with E-state index in [0.717, 1.165) is 18.8 Å². The maximum Gasteiger partial charge on any atom is 0.0445 e. The van der Waals surface area contributed by atoms with Gasteiger partial charge in [0.25, 0.3) is 0 Å². The van der Waals surface area contributed by atoms with Crippen LogP contribution in [0.2, 0.25) is 0 Å². The van der Waals surface area contributed by atoms with E-state index >= 15 is 0 Å². The molecule has 106 valence electrons. The number of nitrogens with one attached hydrogen (secondary N) is 1. The molecule has 0 spiro atoms. The molecule has 0 aliphatic heterocycles. The molecule has 0 atom stereocenters. The summed E-state index contributed by atoms with van der Waals surface area (Å²) in [6.07, 6.45) is 1.97. The van der Waals surface area contributed by atoms with Gasteiger partial charge in [0.05, 0.1) is 0 Å². The highest BCUT2D eigenvalue weighted by molar-refractivity contribution is 5.53. The molecule has 0 aliphatic carbocycles. The molecule has 1 aromatic heterocycles. The molecule has 0 amide bonds. The maximum atomic E-state index is 4.39. The fourth-order valence-corrected chi connectivity index (χ4v) is 2.31. The van der Waals surface area contributed by atoms with Crippen LogP contribution in [0.3, 0.4) is 0 Å². The van der Waals surface area contributed by atoms with Crippen LogP contribution in [0.5, 0.6) is 0 Å². The van der Waals surface area contributed by atoms with Gasteiger partial charge in [0.1, 0.15) is 0 Å². The summed E-state index contributed by atoms with van der Waals surface area (Å²) in [7, 11) is 4.09. The van der Waals surface area contributed by atoms with Crippen molar-refractivity contribution in [1.29, 1.82) is 0 Å². The predicted octanol–water partition coefficient (Wildman–Crippen LogP) is 3.05. The molecule has 0 radical (unpaired) electrons. The molecule has 1 heterocycles. The van der Waals surface area contributed by atoms with Crippen molar-refractivity contribution in [3.05, 3.63) is 58.9 Å². The van der Waals surface area contributed by atoms with E-state index in [0.29, 0.717) is 0 Å². The van der Waals surface area contributed by atoms with E-state index in [2.05, 4.69) is 59.5 Å². The second kappa shape index (κ2) is 6.53. The van der Waals surface area contributed by atoms with Crippen LogP contribution in [-0.4, -0.2) is 19.1 Å². The summed E-state index contributed by atoms with van der Waals surface area (Å²) in [5, 5.41) is 3.20. The molecule has 3 heteroatoms. The molecule has 2 rings (SSSR count). The third-order valence-corrected chi connectivity index (χ3v) is 3.42. The molecule has 0 bridgehead atoms. The number of hydrogen-bond acceptors (Lipinski definition) is 3. The number of aromatic nitrogens is 1. The van der Waals surface area contributed by atoms with Gasteiger partial charge in [-0.05, 0) is 32.5 Å². The molecule has 20 heavy (non-hydrogen) atoms. The van der Waals surface area contributed by atoms with Crippen molar-refractivity contribution >= 4 is 5.69 Å². The molecule has 3 nitrogen and oxygen atoms in total. The van der Waals surface area contributed by atoms with Crippen LogP contribution < -0.4 is 10.2 Å². The highest BCUT2D eigenvalue weighted by Gasteiger charge is 2.09. The minimum Gasteiger partial charge on any atom is -0.370 e. The number of pyridine rings is 1. The van der Waals surface area contributed by atoms with Gasteiger partial charge in [-0.25, -0.2) is 0 Å². The van der Waals surface area contributed by atoms with Crippen LogP contribution in [0, 0.1) is 13.8 Å². The lowest BCUT2D eigenvalue weighted by Gasteiger charge is -2.23. The largest absolute Gasteiger partial charge is 0.370 e. The van der Waals surface area contributed by atoms with Crippen molar-refractivity contribution in [2.75, 3.05) is 19.0 Å². The quantitative estimate of drug-likeness (QED) is 0.904. The Balaban J connectivity index is 2.21. The van der Waals surface area contributed by atoms with Gasteiger partial charge in [-0.3, -0.25) is 4.98 Å². The molecular formula is C17H23N3. The first-order chi connectivity index (χ1) is 9.60. The minimum atomic E-state index is 0.834. The number of rotatable bonds is 5. The lowest BCUT2D eigenvalue weighted by atomic mass is 10.1. The Kier molecular flexibility index (Phi) is 4.74. The van der Waals surface area contributed by atoms with Crippen LogP contribution in [0.4, 0.5) is 5.69 Å². The average Bonchev–Trinajstić information content (AvgIpc) is 2.43. The molecule has 0 unspecified atom stereocenters. The Hall–Kier alpha value is -1.87. The third-order valence-electron chi connectivity index (χ3n) is 3.42. The summed E-state index contributed by atoms with van der Waals surface area (Å²) in [4.78, 5) is 6.68. The zero-order valence-corrected chi connectivity index (χ0v) is 12.8. The van der Waals surface area contributed by atoms with E-state index < -0.39 is 0 Å². The maximum absolute atomic E-state index is 4.39. The summed E-state index contributed by atoms with van der Waals surface area (Å²) in [5.74, 6) is 0. The molecule has 1 aromatic carbocycles. The van der Waals surface area contributed by atoms with Gasteiger partial charge in [0.2, 0.25) is 0 Å². The Bertz CT molecular complexity index is 561. The van der Waals surface area contributed by atoms with Crippen LogP contribution in [0.15, 0.2) is 36.5 Å². The van der Waals surface area contributed by atoms with Crippen LogP contribution in [-0.2, 0) is 13.1 Å². The molecular weight excluding hydrogens is 246 g/mol. The topological polar surface area (TPSA) is 28.2 Å². The molecule has 2 aromatic rings. The molecule has 0 aliphatic rings. The number of hydrogen-bond donors (Lipinski definition) is 1. The first-order valence-electron chi connectivity index (χ1n) is 6.97.